The Morgan fingerprint density at radius 3 is 2.33 bits per heavy atom. The van der Waals surface area contributed by atoms with E-state index in [4.69, 9.17) is 0 Å². The van der Waals surface area contributed by atoms with Gasteiger partial charge in [-0.25, -0.2) is 4.79 Å². The molecule has 0 amide bonds. The molecule has 0 aliphatic carbocycles. The maximum absolute atomic E-state index is 12.2. The average molecular weight is 184 g/mol. The second kappa shape index (κ2) is 2.53. The fraction of sp³-hybridized carbons (Fsp3) is 0.833. The van der Waals surface area contributed by atoms with E-state index in [1.165, 1.54) is 6.92 Å². The summed E-state index contributed by atoms with van der Waals surface area (Å²) in [7, 11) is 0. The molecule has 1 heterocycles. The lowest BCUT2D eigenvalue weighted by Gasteiger charge is -2.25. The van der Waals surface area contributed by atoms with Gasteiger partial charge in [0, 0.05) is 0 Å². The predicted molar refractivity (Wildman–Crippen MR) is 31.5 cm³/mol. The maximum atomic E-state index is 12.2. The molecule has 1 atom stereocenters. The third-order valence-corrected chi connectivity index (χ3v) is 1.79. The first-order chi connectivity index (χ1) is 5.41. The van der Waals surface area contributed by atoms with Gasteiger partial charge in [-0.1, -0.05) is 6.92 Å². The highest BCUT2D eigenvalue weighted by Gasteiger charge is 2.61. The van der Waals surface area contributed by atoms with Crippen molar-refractivity contribution in [2.75, 3.05) is 6.61 Å². The molecule has 1 aliphatic heterocycles. The van der Waals surface area contributed by atoms with Crippen LogP contribution in [0.2, 0.25) is 0 Å². The molecule has 0 bridgehead atoms. The van der Waals surface area contributed by atoms with Crippen molar-refractivity contribution < 1.29 is 27.4 Å². The van der Waals surface area contributed by atoms with Crippen molar-refractivity contribution in [3.8, 4) is 0 Å². The van der Waals surface area contributed by atoms with Gasteiger partial charge in [-0.3, -0.25) is 0 Å². The Balaban J connectivity index is 2.85. The molecule has 1 fully saturated rings. The van der Waals surface area contributed by atoms with Crippen LogP contribution in [0.3, 0.4) is 0 Å². The summed E-state index contributed by atoms with van der Waals surface area (Å²) in [5, 5.41) is 0. The lowest BCUT2D eigenvalue weighted by molar-refractivity contribution is -0.247. The van der Waals surface area contributed by atoms with E-state index in [1.807, 2.05) is 0 Å². The van der Waals surface area contributed by atoms with Gasteiger partial charge in [0.1, 0.15) is 6.61 Å². The van der Waals surface area contributed by atoms with Crippen LogP contribution in [0, 0.1) is 0 Å². The van der Waals surface area contributed by atoms with Crippen LogP contribution in [0.25, 0.3) is 0 Å². The molecule has 6 heteroatoms. The number of hydrogen-bond acceptors (Lipinski definition) is 3. The van der Waals surface area contributed by atoms with Crippen molar-refractivity contribution in [2.45, 2.75) is 25.1 Å². The zero-order valence-electron chi connectivity index (χ0n) is 6.27. The van der Waals surface area contributed by atoms with Crippen LogP contribution in [-0.4, -0.2) is 24.5 Å². The molecule has 1 aliphatic rings. The molecular formula is C6H7F3O3. The Bertz CT molecular complexity index is 201. The van der Waals surface area contributed by atoms with Crippen LogP contribution < -0.4 is 0 Å². The normalized spacial score (nSPS) is 29.8. The molecule has 0 aromatic heterocycles. The summed E-state index contributed by atoms with van der Waals surface area (Å²) < 4.78 is 44.9. The van der Waals surface area contributed by atoms with Crippen LogP contribution in [0.5, 0.6) is 0 Å². The third-order valence-electron chi connectivity index (χ3n) is 1.79. The second-order valence-electron chi connectivity index (χ2n) is 2.49. The van der Waals surface area contributed by atoms with Crippen molar-refractivity contribution in [2.24, 2.45) is 0 Å². The van der Waals surface area contributed by atoms with E-state index in [-0.39, 0.29) is 6.42 Å². The van der Waals surface area contributed by atoms with Crippen molar-refractivity contribution in [1.82, 2.24) is 0 Å². The molecule has 0 radical (unpaired) electrons. The summed E-state index contributed by atoms with van der Waals surface area (Å²) in [5.41, 5.74) is -2.43. The van der Waals surface area contributed by atoms with Crippen LogP contribution in [0.15, 0.2) is 0 Å². The van der Waals surface area contributed by atoms with Crippen molar-refractivity contribution >= 4 is 6.16 Å². The summed E-state index contributed by atoms with van der Waals surface area (Å²) in [6, 6.07) is 0. The smallest absolute Gasteiger partial charge is 0.430 e. The standard InChI is InChI=1S/C6H7F3O3/c1-2-5(6(7,8)9)3-11-4(10)12-5/h2-3H2,1H3. The first kappa shape index (κ1) is 9.15. The Hall–Kier alpha value is -0.940. The zero-order chi connectivity index (χ0) is 9.41. The minimum absolute atomic E-state index is 0.331. The van der Waals surface area contributed by atoms with Crippen LogP contribution in [-0.2, 0) is 9.47 Å². The van der Waals surface area contributed by atoms with Crippen molar-refractivity contribution in [3.63, 3.8) is 0 Å². The second-order valence-corrected chi connectivity index (χ2v) is 2.49. The quantitative estimate of drug-likeness (QED) is 0.583. The van der Waals surface area contributed by atoms with Gasteiger partial charge < -0.3 is 9.47 Å². The first-order valence-electron chi connectivity index (χ1n) is 3.34. The van der Waals surface area contributed by atoms with E-state index < -0.39 is 24.5 Å². The minimum Gasteiger partial charge on any atom is -0.430 e. The number of carbonyl (C=O) groups excluding carboxylic acids is 1. The Morgan fingerprint density at radius 1 is 1.58 bits per heavy atom. The Morgan fingerprint density at radius 2 is 2.17 bits per heavy atom. The lowest BCUT2D eigenvalue weighted by Crippen LogP contribution is -2.46. The van der Waals surface area contributed by atoms with Crippen LogP contribution in [0.4, 0.5) is 18.0 Å². The van der Waals surface area contributed by atoms with Crippen LogP contribution in [0.1, 0.15) is 13.3 Å². The number of halogens is 3. The summed E-state index contributed by atoms with van der Waals surface area (Å²) in [5.74, 6) is 0. The highest BCUT2D eigenvalue weighted by Crippen LogP contribution is 2.39. The minimum atomic E-state index is -4.56. The Kier molecular flexibility index (Phi) is 1.93. The SMILES string of the molecule is CCC1(C(F)(F)F)COC(=O)O1. The van der Waals surface area contributed by atoms with Gasteiger partial charge in [-0.2, -0.15) is 13.2 Å². The van der Waals surface area contributed by atoms with E-state index in [0.29, 0.717) is 0 Å². The zero-order valence-corrected chi connectivity index (χ0v) is 6.27. The highest BCUT2D eigenvalue weighted by atomic mass is 19.4. The summed E-state index contributed by atoms with van der Waals surface area (Å²) in [6.45, 7) is 0.543. The number of rotatable bonds is 1. The van der Waals surface area contributed by atoms with E-state index in [1.54, 1.807) is 0 Å². The van der Waals surface area contributed by atoms with Gasteiger partial charge in [0.05, 0.1) is 0 Å². The van der Waals surface area contributed by atoms with E-state index >= 15 is 0 Å². The number of ether oxygens (including phenoxy) is 2. The molecule has 0 spiro atoms. The average Bonchev–Trinajstić information content (AvgIpc) is 2.31. The fourth-order valence-electron chi connectivity index (χ4n) is 0.908. The van der Waals surface area contributed by atoms with E-state index in [0.717, 1.165) is 0 Å². The molecule has 0 N–H and O–H groups in total. The predicted octanol–water partition coefficient (Wildman–Crippen LogP) is 1.86. The molecular weight excluding hydrogens is 177 g/mol. The van der Waals surface area contributed by atoms with Crippen LogP contribution >= 0.6 is 0 Å². The molecule has 1 saturated heterocycles. The fourth-order valence-corrected chi connectivity index (χ4v) is 0.908. The molecule has 1 unspecified atom stereocenters. The van der Waals surface area contributed by atoms with Gasteiger partial charge in [0.25, 0.3) is 0 Å². The van der Waals surface area contributed by atoms with E-state index in [9.17, 15) is 18.0 Å². The third kappa shape index (κ3) is 1.21. The largest absolute Gasteiger partial charge is 0.509 e. The number of alkyl halides is 3. The maximum Gasteiger partial charge on any atom is 0.509 e. The Labute approximate surface area is 66.4 Å². The van der Waals surface area contributed by atoms with Crippen molar-refractivity contribution in [1.29, 1.82) is 0 Å². The molecule has 12 heavy (non-hydrogen) atoms. The molecule has 70 valence electrons. The van der Waals surface area contributed by atoms with Crippen molar-refractivity contribution in [3.05, 3.63) is 0 Å². The summed E-state index contributed by atoms with van der Waals surface area (Å²) >= 11 is 0. The van der Waals surface area contributed by atoms with Gasteiger partial charge in [0.15, 0.2) is 0 Å². The first-order valence-corrected chi connectivity index (χ1v) is 3.34. The molecule has 0 aromatic rings. The molecule has 0 aromatic carbocycles. The number of carbonyl (C=O) groups is 1. The van der Waals surface area contributed by atoms with E-state index in [2.05, 4.69) is 9.47 Å². The molecule has 3 nitrogen and oxygen atoms in total. The monoisotopic (exact) mass is 184 g/mol. The number of hydrogen-bond donors (Lipinski definition) is 0. The van der Waals surface area contributed by atoms with Gasteiger partial charge in [-0.15, -0.1) is 0 Å². The highest BCUT2D eigenvalue weighted by molar-refractivity contribution is 5.63. The van der Waals surface area contributed by atoms with Gasteiger partial charge in [-0.05, 0) is 6.42 Å². The summed E-state index contributed by atoms with van der Waals surface area (Å²) in [6.07, 6.45) is -6.15. The molecule has 1 rings (SSSR count). The number of cyclic esters (lactones) is 2. The van der Waals surface area contributed by atoms with Gasteiger partial charge in [0.2, 0.25) is 5.60 Å². The molecule has 0 saturated carbocycles. The summed E-state index contributed by atoms with van der Waals surface area (Å²) in [4.78, 5) is 10.3. The topological polar surface area (TPSA) is 35.5 Å². The lowest BCUT2D eigenvalue weighted by atomic mass is 10.0. The van der Waals surface area contributed by atoms with Gasteiger partial charge >= 0.3 is 12.3 Å².